The van der Waals surface area contributed by atoms with Gasteiger partial charge in [-0.1, -0.05) is 30.3 Å². The molecule has 1 aromatic carbocycles. The molecule has 1 fully saturated rings. The zero-order valence-electron chi connectivity index (χ0n) is 13.4. The second-order valence-corrected chi connectivity index (χ2v) is 6.27. The van der Waals surface area contributed by atoms with Gasteiger partial charge in [-0.15, -0.1) is 0 Å². The Morgan fingerprint density at radius 3 is 2.73 bits per heavy atom. The molecule has 0 saturated heterocycles. The maximum absolute atomic E-state index is 9.21. The first-order valence-electron chi connectivity index (χ1n) is 8.15. The molecule has 1 saturated carbocycles. The molecule has 2 N–H and O–H groups in total. The van der Waals surface area contributed by atoms with Crippen molar-refractivity contribution in [2.75, 3.05) is 11.9 Å². The molecule has 2 aromatic rings. The Kier molecular flexibility index (Phi) is 4.48. The van der Waals surface area contributed by atoms with E-state index in [1.54, 1.807) is 0 Å². The number of benzene rings is 1. The van der Waals surface area contributed by atoms with Gasteiger partial charge in [-0.2, -0.15) is 5.10 Å². The molecule has 1 heterocycles. The van der Waals surface area contributed by atoms with E-state index in [4.69, 9.17) is 0 Å². The van der Waals surface area contributed by atoms with Gasteiger partial charge in [0, 0.05) is 11.6 Å². The highest BCUT2D eigenvalue weighted by atomic mass is 16.3. The van der Waals surface area contributed by atoms with Crippen LogP contribution in [0.15, 0.2) is 30.3 Å². The van der Waals surface area contributed by atoms with Gasteiger partial charge in [-0.25, -0.2) is 4.68 Å². The Hall–Kier alpha value is -1.81. The zero-order valence-corrected chi connectivity index (χ0v) is 13.4. The third-order valence-electron chi connectivity index (χ3n) is 4.78. The lowest BCUT2D eigenvalue weighted by molar-refractivity contribution is 0.270. The van der Waals surface area contributed by atoms with Crippen LogP contribution in [0.5, 0.6) is 0 Å². The number of nitrogens with one attached hydrogen (secondary N) is 1. The van der Waals surface area contributed by atoms with Crippen LogP contribution in [0.1, 0.15) is 42.0 Å². The average Bonchev–Trinajstić information content (AvgIpc) is 3.10. The Labute approximate surface area is 132 Å². The highest BCUT2D eigenvalue weighted by Crippen LogP contribution is 2.36. The molecule has 4 nitrogen and oxygen atoms in total. The molecule has 118 valence electrons. The molecule has 1 aliphatic rings. The SMILES string of the molecule is Cc1nn(CCO)c(N[C@@H]2CC[C@@H](c3ccccc3)C2)c1C. The molecule has 22 heavy (non-hydrogen) atoms. The van der Waals surface area contributed by atoms with Crippen LogP contribution >= 0.6 is 0 Å². The summed E-state index contributed by atoms with van der Waals surface area (Å²) in [6.45, 7) is 4.79. The van der Waals surface area contributed by atoms with Crippen LogP contribution in [0.4, 0.5) is 5.82 Å². The molecular weight excluding hydrogens is 274 g/mol. The van der Waals surface area contributed by atoms with E-state index in [0.29, 0.717) is 18.5 Å². The van der Waals surface area contributed by atoms with Gasteiger partial charge in [-0.05, 0) is 44.6 Å². The van der Waals surface area contributed by atoms with E-state index in [1.807, 2.05) is 11.6 Å². The third-order valence-corrected chi connectivity index (χ3v) is 4.78. The maximum atomic E-state index is 9.21. The monoisotopic (exact) mass is 299 g/mol. The van der Waals surface area contributed by atoms with Crippen LogP contribution in [-0.2, 0) is 6.54 Å². The molecule has 2 atom stereocenters. The highest BCUT2D eigenvalue weighted by Gasteiger charge is 2.27. The van der Waals surface area contributed by atoms with Crippen LogP contribution < -0.4 is 5.32 Å². The van der Waals surface area contributed by atoms with E-state index < -0.39 is 0 Å². The lowest BCUT2D eigenvalue weighted by Crippen LogP contribution is -2.20. The molecule has 0 radical (unpaired) electrons. The van der Waals surface area contributed by atoms with E-state index in [9.17, 15) is 5.11 Å². The largest absolute Gasteiger partial charge is 0.394 e. The minimum absolute atomic E-state index is 0.118. The first-order chi connectivity index (χ1) is 10.7. The smallest absolute Gasteiger partial charge is 0.127 e. The van der Waals surface area contributed by atoms with Crippen molar-refractivity contribution >= 4 is 5.82 Å². The molecular formula is C18H25N3O. The van der Waals surface area contributed by atoms with Gasteiger partial charge in [0.1, 0.15) is 5.82 Å². The van der Waals surface area contributed by atoms with Crippen LogP contribution in [0, 0.1) is 13.8 Å². The summed E-state index contributed by atoms with van der Waals surface area (Å²) in [6.07, 6.45) is 3.57. The van der Waals surface area contributed by atoms with Crippen molar-refractivity contribution in [3.05, 3.63) is 47.2 Å². The number of aromatic nitrogens is 2. The Morgan fingerprint density at radius 1 is 1.23 bits per heavy atom. The van der Waals surface area contributed by atoms with Crippen molar-refractivity contribution in [2.45, 2.75) is 51.6 Å². The predicted molar refractivity (Wildman–Crippen MR) is 89.2 cm³/mol. The Bertz CT molecular complexity index is 621. The van der Waals surface area contributed by atoms with Crippen LogP contribution in [-0.4, -0.2) is 27.5 Å². The second kappa shape index (κ2) is 6.53. The molecule has 0 unspecified atom stereocenters. The highest BCUT2D eigenvalue weighted by molar-refractivity contribution is 5.47. The minimum Gasteiger partial charge on any atom is -0.394 e. The van der Waals surface area contributed by atoms with Crippen molar-refractivity contribution < 1.29 is 5.11 Å². The molecule has 0 amide bonds. The summed E-state index contributed by atoms with van der Waals surface area (Å²) in [5, 5.41) is 17.4. The molecule has 0 spiro atoms. The number of aliphatic hydroxyl groups excluding tert-OH is 1. The average molecular weight is 299 g/mol. The third kappa shape index (κ3) is 3.02. The maximum Gasteiger partial charge on any atom is 0.127 e. The normalized spacial score (nSPS) is 21.2. The summed E-state index contributed by atoms with van der Waals surface area (Å²) in [5.74, 6) is 1.72. The first kappa shape index (κ1) is 15.1. The number of aryl methyl sites for hydroxylation is 1. The standard InChI is InChI=1S/C18H25N3O/c1-13-14(2)20-21(10-11-22)18(13)19-17-9-8-16(12-17)15-6-4-3-5-7-15/h3-7,16-17,19,22H,8-12H2,1-2H3/t16-,17-/m1/s1. The summed E-state index contributed by atoms with van der Waals surface area (Å²) in [4.78, 5) is 0. The van der Waals surface area contributed by atoms with Gasteiger partial charge >= 0.3 is 0 Å². The minimum atomic E-state index is 0.118. The fourth-order valence-corrected chi connectivity index (χ4v) is 3.44. The van der Waals surface area contributed by atoms with Crippen molar-refractivity contribution in [3.63, 3.8) is 0 Å². The van der Waals surface area contributed by atoms with Crippen molar-refractivity contribution in [3.8, 4) is 0 Å². The van der Waals surface area contributed by atoms with E-state index in [1.165, 1.54) is 24.0 Å². The topological polar surface area (TPSA) is 50.1 Å². The number of rotatable bonds is 5. The van der Waals surface area contributed by atoms with Gasteiger partial charge in [0.2, 0.25) is 0 Å². The second-order valence-electron chi connectivity index (χ2n) is 6.27. The summed E-state index contributed by atoms with van der Waals surface area (Å²) in [7, 11) is 0. The van der Waals surface area contributed by atoms with Crippen molar-refractivity contribution in [1.29, 1.82) is 0 Å². The van der Waals surface area contributed by atoms with Crippen molar-refractivity contribution in [1.82, 2.24) is 9.78 Å². The van der Waals surface area contributed by atoms with Crippen LogP contribution in [0.2, 0.25) is 0 Å². The quantitative estimate of drug-likeness (QED) is 0.891. The van der Waals surface area contributed by atoms with Gasteiger partial charge in [0.25, 0.3) is 0 Å². The van der Waals surface area contributed by atoms with Gasteiger partial charge in [-0.3, -0.25) is 0 Å². The predicted octanol–water partition coefficient (Wildman–Crippen LogP) is 3.24. The van der Waals surface area contributed by atoms with Gasteiger partial charge in [0.05, 0.1) is 18.8 Å². The Morgan fingerprint density at radius 2 is 2.00 bits per heavy atom. The summed E-state index contributed by atoms with van der Waals surface area (Å²) < 4.78 is 1.90. The van der Waals surface area contributed by atoms with E-state index in [-0.39, 0.29) is 6.61 Å². The molecule has 0 aliphatic heterocycles. The van der Waals surface area contributed by atoms with Crippen LogP contribution in [0.3, 0.4) is 0 Å². The van der Waals surface area contributed by atoms with E-state index >= 15 is 0 Å². The van der Waals surface area contributed by atoms with Gasteiger partial charge < -0.3 is 10.4 Å². The summed E-state index contributed by atoms with van der Waals surface area (Å²) >= 11 is 0. The lowest BCUT2D eigenvalue weighted by Gasteiger charge is -2.17. The summed E-state index contributed by atoms with van der Waals surface area (Å²) in [5.41, 5.74) is 3.67. The first-order valence-corrected chi connectivity index (χ1v) is 8.15. The fourth-order valence-electron chi connectivity index (χ4n) is 3.44. The number of anilines is 1. The number of hydrogen-bond acceptors (Lipinski definition) is 3. The summed E-state index contributed by atoms with van der Waals surface area (Å²) in [6, 6.07) is 11.3. The molecule has 0 bridgehead atoms. The number of nitrogens with zero attached hydrogens (tertiary/aromatic N) is 2. The molecule has 4 heteroatoms. The zero-order chi connectivity index (χ0) is 15.5. The van der Waals surface area contributed by atoms with Crippen LogP contribution in [0.25, 0.3) is 0 Å². The fraction of sp³-hybridized carbons (Fsp3) is 0.500. The molecule has 1 aliphatic carbocycles. The van der Waals surface area contributed by atoms with Gasteiger partial charge in [0.15, 0.2) is 0 Å². The van der Waals surface area contributed by atoms with E-state index in [0.717, 1.165) is 17.9 Å². The lowest BCUT2D eigenvalue weighted by atomic mass is 9.98. The number of hydrogen-bond donors (Lipinski definition) is 2. The molecule has 3 rings (SSSR count). The van der Waals surface area contributed by atoms with Crippen molar-refractivity contribution in [2.24, 2.45) is 0 Å². The molecule has 1 aromatic heterocycles. The van der Waals surface area contributed by atoms with E-state index in [2.05, 4.69) is 47.7 Å². The Balaban J connectivity index is 1.70. The number of aliphatic hydroxyl groups is 1.